The molecule has 2 aliphatic carbocycles. The normalized spacial score (nSPS) is 41.0. The first-order valence-corrected chi connectivity index (χ1v) is 4.72. The number of allylic oxidation sites excluding steroid dienone is 2. The Kier molecular flexibility index (Phi) is 2.01. The summed E-state index contributed by atoms with van der Waals surface area (Å²) in [5, 5.41) is 0. The minimum atomic E-state index is -2.54. The third-order valence-corrected chi connectivity index (χ3v) is 3.19. The van der Waals surface area contributed by atoms with Crippen molar-refractivity contribution in [2.24, 2.45) is 17.4 Å². The lowest BCUT2D eigenvalue weighted by Crippen LogP contribution is -2.63. The second-order valence-electron chi connectivity index (χ2n) is 4.23. The van der Waals surface area contributed by atoms with Crippen LogP contribution in [0.15, 0.2) is 24.3 Å². The van der Waals surface area contributed by atoms with Crippen LogP contribution in [0.2, 0.25) is 0 Å². The van der Waals surface area contributed by atoms with E-state index in [2.05, 4.69) is 0 Å². The van der Waals surface area contributed by atoms with Crippen molar-refractivity contribution in [1.29, 1.82) is 0 Å². The van der Waals surface area contributed by atoms with Crippen LogP contribution in [0.1, 0.15) is 12.8 Å². The van der Waals surface area contributed by atoms with Crippen molar-refractivity contribution in [2.75, 3.05) is 0 Å². The van der Waals surface area contributed by atoms with Crippen molar-refractivity contribution in [3.63, 3.8) is 0 Å². The SMILES string of the molecule is NC1C=CC=CC1(N)C1CC(F)(F)C1. The van der Waals surface area contributed by atoms with E-state index in [9.17, 15) is 8.78 Å². The van der Waals surface area contributed by atoms with Gasteiger partial charge in [-0.2, -0.15) is 0 Å². The van der Waals surface area contributed by atoms with Gasteiger partial charge in [-0.3, -0.25) is 0 Å². The highest BCUT2D eigenvalue weighted by atomic mass is 19.3. The van der Waals surface area contributed by atoms with E-state index in [1.807, 2.05) is 0 Å². The molecular weight excluding hydrogens is 186 g/mol. The predicted octanol–water partition coefficient (Wildman–Crippen LogP) is 1.18. The summed E-state index contributed by atoms with van der Waals surface area (Å²) in [4.78, 5) is 0. The highest BCUT2D eigenvalue weighted by molar-refractivity contribution is 5.29. The van der Waals surface area contributed by atoms with Crippen molar-refractivity contribution in [1.82, 2.24) is 0 Å². The van der Waals surface area contributed by atoms with Crippen LogP contribution in [0.5, 0.6) is 0 Å². The first-order valence-electron chi connectivity index (χ1n) is 4.72. The second-order valence-corrected chi connectivity index (χ2v) is 4.23. The molecule has 0 aromatic rings. The van der Waals surface area contributed by atoms with Gasteiger partial charge in [-0.25, -0.2) is 8.78 Å². The summed E-state index contributed by atoms with van der Waals surface area (Å²) in [7, 11) is 0. The molecule has 2 rings (SSSR count). The molecule has 2 unspecified atom stereocenters. The predicted molar refractivity (Wildman–Crippen MR) is 50.8 cm³/mol. The fraction of sp³-hybridized carbons (Fsp3) is 0.600. The summed E-state index contributed by atoms with van der Waals surface area (Å²) in [6, 6.07) is -0.353. The van der Waals surface area contributed by atoms with Crippen LogP contribution < -0.4 is 11.5 Å². The average Bonchev–Trinajstić information content (AvgIpc) is 2.06. The molecule has 78 valence electrons. The first kappa shape index (κ1) is 9.80. The molecule has 0 aliphatic heterocycles. The number of alkyl halides is 2. The Morgan fingerprint density at radius 2 is 1.86 bits per heavy atom. The van der Waals surface area contributed by atoms with Gasteiger partial charge in [0.2, 0.25) is 5.92 Å². The lowest BCUT2D eigenvalue weighted by molar-refractivity contribution is -0.126. The van der Waals surface area contributed by atoms with E-state index in [1.165, 1.54) is 0 Å². The summed E-state index contributed by atoms with van der Waals surface area (Å²) < 4.78 is 25.4. The van der Waals surface area contributed by atoms with E-state index < -0.39 is 11.5 Å². The van der Waals surface area contributed by atoms with E-state index in [4.69, 9.17) is 11.5 Å². The van der Waals surface area contributed by atoms with E-state index >= 15 is 0 Å². The average molecular weight is 200 g/mol. The van der Waals surface area contributed by atoms with E-state index in [-0.39, 0.29) is 24.8 Å². The molecule has 4 N–H and O–H groups in total. The molecule has 0 bridgehead atoms. The van der Waals surface area contributed by atoms with Gasteiger partial charge in [0.1, 0.15) is 0 Å². The maximum Gasteiger partial charge on any atom is 0.248 e. The van der Waals surface area contributed by atoms with Gasteiger partial charge >= 0.3 is 0 Å². The smallest absolute Gasteiger partial charge is 0.248 e. The van der Waals surface area contributed by atoms with Crippen molar-refractivity contribution in [3.8, 4) is 0 Å². The minimum Gasteiger partial charge on any atom is -0.323 e. The van der Waals surface area contributed by atoms with Crippen LogP contribution in [0.4, 0.5) is 8.78 Å². The number of hydrogen-bond acceptors (Lipinski definition) is 2. The molecular formula is C10H14F2N2. The summed E-state index contributed by atoms with van der Waals surface area (Å²) in [6.07, 6.45) is 6.80. The largest absolute Gasteiger partial charge is 0.323 e. The van der Waals surface area contributed by atoms with Crippen LogP contribution in [-0.4, -0.2) is 17.5 Å². The van der Waals surface area contributed by atoms with Gasteiger partial charge < -0.3 is 11.5 Å². The zero-order valence-corrected chi connectivity index (χ0v) is 7.79. The zero-order chi connectivity index (χ0) is 10.4. The number of hydrogen-bond donors (Lipinski definition) is 2. The molecule has 1 fully saturated rings. The number of rotatable bonds is 1. The summed E-state index contributed by atoms with van der Waals surface area (Å²) in [5.41, 5.74) is 11.1. The minimum absolute atomic E-state index is 0.143. The molecule has 0 aromatic heterocycles. The number of halogens is 2. The Morgan fingerprint density at radius 3 is 2.36 bits per heavy atom. The molecule has 0 spiro atoms. The fourth-order valence-electron chi connectivity index (χ4n) is 2.11. The van der Waals surface area contributed by atoms with Crippen molar-refractivity contribution < 1.29 is 8.78 Å². The van der Waals surface area contributed by atoms with Crippen LogP contribution in [0, 0.1) is 5.92 Å². The summed E-state index contributed by atoms with van der Waals surface area (Å²) in [6.45, 7) is 0. The van der Waals surface area contributed by atoms with Crippen LogP contribution >= 0.6 is 0 Å². The van der Waals surface area contributed by atoms with Crippen LogP contribution in [0.25, 0.3) is 0 Å². The van der Waals surface area contributed by atoms with Crippen LogP contribution in [0.3, 0.4) is 0 Å². The Bertz CT molecular complexity index is 290. The van der Waals surface area contributed by atoms with E-state index in [0.717, 1.165) is 0 Å². The Morgan fingerprint density at radius 1 is 1.21 bits per heavy atom. The van der Waals surface area contributed by atoms with Gasteiger partial charge in [0, 0.05) is 18.9 Å². The summed E-state index contributed by atoms with van der Waals surface area (Å²) in [5.74, 6) is -2.74. The van der Waals surface area contributed by atoms with Crippen LogP contribution in [-0.2, 0) is 0 Å². The monoisotopic (exact) mass is 200 g/mol. The zero-order valence-electron chi connectivity index (χ0n) is 7.79. The molecule has 0 heterocycles. The molecule has 0 amide bonds. The maximum absolute atomic E-state index is 12.7. The van der Waals surface area contributed by atoms with Gasteiger partial charge in [-0.05, 0) is 5.92 Å². The Balaban J connectivity index is 2.11. The third-order valence-electron chi connectivity index (χ3n) is 3.19. The fourth-order valence-corrected chi connectivity index (χ4v) is 2.11. The van der Waals surface area contributed by atoms with Gasteiger partial charge in [-0.1, -0.05) is 24.3 Å². The van der Waals surface area contributed by atoms with Crippen molar-refractivity contribution in [2.45, 2.75) is 30.3 Å². The topological polar surface area (TPSA) is 52.0 Å². The molecule has 0 aromatic carbocycles. The lowest BCUT2D eigenvalue weighted by atomic mass is 9.65. The molecule has 0 radical (unpaired) electrons. The molecule has 2 nitrogen and oxygen atoms in total. The molecule has 2 atom stereocenters. The van der Waals surface area contributed by atoms with E-state index in [1.54, 1.807) is 24.3 Å². The van der Waals surface area contributed by atoms with Crippen molar-refractivity contribution in [3.05, 3.63) is 24.3 Å². The van der Waals surface area contributed by atoms with Crippen molar-refractivity contribution >= 4 is 0 Å². The first-order chi connectivity index (χ1) is 6.44. The third kappa shape index (κ3) is 1.38. The highest BCUT2D eigenvalue weighted by Gasteiger charge is 2.54. The molecule has 2 aliphatic rings. The Labute approximate surface area is 81.6 Å². The lowest BCUT2D eigenvalue weighted by Gasteiger charge is -2.48. The van der Waals surface area contributed by atoms with Gasteiger partial charge in [0.15, 0.2) is 0 Å². The molecule has 4 heteroatoms. The highest BCUT2D eigenvalue weighted by Crippen LogP contribution is 2.48. The van der Waals surface area contributed by atoms with Gasteiger partial charge in [0.05, 0.1) is 5.54 Å². The van der Waals surface area contributed by atoms with E-state index in [0.29, 0.717) is 0 Å². The quantitative estimate of drug-likeness (QED) is 0.667. The standard InChI is InChI=1S/C10H14F2N2/c11-9(12)5-7(6-9)10(14)4-2-1-3-8(10)13/h1-4,7-8H,5-6,13-14H2. The second kappa shape index (κ2) is 2.87. The summed E-state index contributed by atoms with van der Waals surface area (Å²) >= 11 is 0. The molecule has 1 saturated carbocycles. The number of nitrogens with two attached hydrogens (primary N) is 2. The van der Waals surface area contributed by atoms with Gasteiger partial charge in [0.25, 0.3) is 0 Å². The van der Waals surface area contributed by atoms with Gasteiger partial charge in [-0.15, -0.1) is 0 Å². The maximum atomic E-state index is 12.7. The Hall–Kier alpha value is -0.740. The molecule has 14 heavy (non-hydrogen) atoms. The molecule has 0 saturated heterocycles.